The zero-order valence-corrected chi connectivity index (χ0v) is 10.8. The van der Waals surface area contributed by atoms with E-state index in [0.29, 0.717) is 6.04 Å². The van der Waals surface area contributed by atoms with Gasteiger partial charge in [0.05, 0.1) is 6.04 Å². The Labute approximate surface area is 97.1 Å². The van der Waals surface area contributed by atoms with Crippen LogP contribution in [0.5, 0.6) is 0 Å². The van der Waals surface area contributed by atoms with E-state index in [1.54, 1.807) is 11.3 Å². The van der Waals surface area contributed by atoms with E-state index in [9.17, 15) is 0 Å². The topological polar surface area (TPSA) is 29.3 Å². The molecule has 1 heterocycles. The fourth-order valence-electron chi connectivity index (χ4n) is 1.72. The van der Waals surface area contributed by atoms with Gasteiger partial charge in [-0.3, -0.25) is 0 Å². The van der Waals surface area contributed by atoms with Crippen LogP contribution in [0.4, 0.5) is 0 Å². The Morgan fingerprint density at radius 3 is 2.80 bits per heavy atom. The maximum Gasteiger partial charge on any atom is 0.0519 e. The molecule has 0 fully saturated rings. The Kier molecular flexibility index (Phi) is 5.29. The summed E-state index contributed by atoms with van der Waals surface area (Å²) in [7, 11) is 2.16. The van der Waals surface area contributed by atoms with Gasteiger partial charge < -0.3 is 10.6 Å². The van der Waals surface area contributed by atoms with Crippen molar-refractivity contribution in [1.29, 1.82) is 0 Å². The maximum atomic E-state index is 6.14. The highest BCUT2D eigenvalue weighted by Gasteiger charge is 2.13. The fourth-order valence-corrected chi connectivity index (χ4v) is 2.44. The molecule has 2 unspecified atom stereocenters. The molecule has 0 aliphatic carbocycles. The first kappa shape index (κ1) is 12.7. The van der Waals surface area contributed by atoms with Gasteiger partial charge >= 0.3 is 0 Å². The molecule has 2 nitrogen and oxygen atoms in total. The van der Waals surface area contributed by atoms with Crippen LogP contribution in [0.3, 0.4) is 0 Å². The van der Waals surface area contributed by atoms with E-state index in [2.05, 4.69) is 43.3 Å². The minimum Gasteiger partial charge on any atom is -0.322 e. The van der Waals surface area contributed by atoms with Crippen molar-refractivity contribution in [3.05, 3.63) is 22.4 Å². The lowest BCUT2D eigenvalue weighted by Crippen LogP contribution is -2.35. The van der Waals surface area contributed by atoms with E-state index in [0.717, 1.165) is 6.54 Å². The first-order chi connectivity index (χ1) is 7.15. The van der Waals surface area contributed by atoms with Crippen LogP contribution in [0.1, 0.15) is 37.6 Å². The largest absolute Gasteiger partial charge is 0.322 e. The molecule has 15 heavy (non-hydrogen) atoms. The summed E-state index contributed by atoms with van der Waals surface area (Å²) in [6.07, 6.45) is 2.48. The van der Waals surface area contributed by atoms with Crippen LogP contribution >= 0.6 is 11.3 Å². The summed E-state index contributed by atoms with van der Waals surface area (Å²) in [5, 5.41) is 2.09. The molecule has 2 atom stereocenters. The van der Waals surface area contributed by atoms with Gasteiger partial charge in [-0.25, -0.2) is 0 Å². The first-order valence-electron chi connectivity index (χ1n) is 5.64. The molecule has 0 bridgehead atoms. The summed E-state index contributed by atoms with van der Waals surface area (Å²) in [5.74, 6) is 0. The van der Waals surface area contributed by atoms with E-state index in [4.69, 9.17) is 5.73 Å². The van der Waals surface area contributed by atoms with Crippen LogP contribution in [0.2, 0.25) is 0 Å². The van der Waals surface area contributed by atoms with Gasteiger partial charge in [0.1, 0.15) is 0 Å². The zero-order chi connectivity index (χ0) is 11.3. The third-order valence-electron chi connectivity index (χ3n) is 2.85. The molecular formula is C12H22N2S. The second kappa shape index (κ2) is 6.26. The van der Waals surface area contributed by atoms with Crippen LogP contribution in [0.15, 0.2) is 17.5 Å². The fraction of sp³-hybridized carbons (Fsp3) is 0.667. The monoisotopic (exact) mass is 226 g/mol. The zero-order valence-electron chi connectivity index (χ0n) is 9.94. The molecule has 3 heteroatoms. The molecule has 0 saturated carbocycles. The van der Waals surface area contributed by atoms with Crippen molar-refractivity contribution in [3.63, 3.8) is 0 Å². The summed E-state index contributed by atoms with van der Waals surface area (Å²) in [4.78, 5) is 3.64. The third kappa shape index (κ3) is 3.93. The van der Waals surface area contributed by atoms with E-state index in [1.807, 2.05) is 0 Å². The van der Waals surface area contributed by atoms with Crippen molar-refractivity contribution in [1.82, 2.24) is 4.90 Å². The second-order valence-corrected chi connectivity index (χ2v) is 5.18. The molecule has 0 saturated heterocycles. The van der Waals surface area contributed by atoms with Crippen molar-refractivity contribution < 1.29 is 0 Å². The minimum absolute atomic E-state index is 0.161. The van der Waals surface area contributed by atoms with Crippen molar-refractivity contribution in [2.45, 2.75) is 38.8 Å². The molecule has 1 aromatic rings. The van der Waals surface area contributed by atoms with Crippen molar-refractivity contribution in [3.8, 4) is 0 Å². The van der Waals surface area contributed by atoms with Gasteiger partial charge in [-0.15, -0.1) is 11.3 Å². The van der Waals surface area contributed by atoms with Gasteiger partial charge in [0, 0.05) is 17.5 Å². The highest BCUT2D eigenvalue weighted by molar-refractivity contribution is 7.10. The lowest BCUT2D eigenvalue weighted by atomic mass is 10.1. The highest BCUT2D eigenvalue weighted by atomic mass is 32.1. The highest BCUT2D eigenvalue weighted by Crippen LogP contribution is 2.18. The van der Waals surface area contributed by atoms with Crippen molar-refractivity contribution in [2.75, 3.05) is 13.6 Å². The summed E-state index contributed by atoms with van der Waals surface area (Å²) >= 11 is 1.75. The maximum absolute atomic E-state index is 6.14. The quantitative estimate of drug-likeness (QED) is 0.808. The normalized spacial score (nSPS) is 15.5. The summed E-state index contributed by atoms with van der Waals surface area (Å²) in [6, 6.07) is 4.97. The number of rotatable bonds is 6. The Morgan fingerprint density at radius 1 is 1.53 bits per heavy atom. The van der Waals surface area contributed by atoms with E-state index >= 15 is 0 Å². The Hall–Kier alpha value is -0.380. The first-order valence-corrected chi connectivity index (χ1v) is 6.52. The smallest absolute Gasteiger partial charge is 0.0519 e. The Bertz CT molecular complexity index is 259. The van der Waals surface area contributed by atoms with Crippen LogP contribution < -0.4 is 5.73 Å². The SMILES string of the molecule is CCCC(C)N(C)CC(N)c1cccs1. The van der Waals surface area contributed by atoms with Gasteiger partial charge in [-0.2, -0.15) is 0 Å². The number of hydrogen-bond acceptors (Lipinski definition) is 3. The molecule has 0 aromatic carbocycles. The molecule has 0 radical (unpaired) electrons. The second-order valence-electron chi connectivity index (χ2n) is 4.20. The molecule has 0 aliphatic heterocycles. The lowest BCUT2D eigenvalue weighted by Gasteiger charge is -2.26. The lowest BCUT2D eigenvalue weighted by molar-refractivity contribution is 0.232. The molecule has 2 N–H and O–H groups in total. The van der Waals surface area contributed by atoms with E-state index in [-0.39, 0.29) is 6.04 Å². The predicted octanol–water partition coefficient (Wildman–Crippen LogP) is 2.87. The van der Waals surface area contributed by atoms with Gasteiger partial charge in [0.15, 0.2) is 0 Å². The van der Waals surface area contributed by atoms with E-state index in [1.165, 1.54) is 17.7 Å². The summed E-state index contributed by atoms with van der Waals surface area (Å²) < 4.78 is 0. The van der Waals surface area contributed by atoms with Gasteiger partial charge in [-0.05, 0) is 31.8 Å². The molecule has 1 rings (SSSR count). The van der Waals surface area contributed by atoms with Crippen LogP contribution in [0.25, 0.3) is 0 Å². The van der Waals surface area contributed by atoms with Crippen molar-refractivity contribution in [2.24, 2.45) is 5.73 Å². The summed E-state index contributed by atoms with van der Waals surface area (Å²) in [6.45, 7) is 5.44. The number of likely N-dealkylation sites (N-methyl/N-ethyl adjacent to an activating group) is 1. The van der Waals surface area contributed by atoms with Crippen LogP contribution in [-0.2, 0) is 0 Å². The molecule has 0 spiro atoms. The van der Waals surface area contributed by atoms with Crippen molar-refractivity contribution >= 4 is 11.3 Å². The molecule has 86 valence electrons. The number of hydrogen-bond donors (Lipinski definition) is 1. The standard InChI is InChI=1S/C12H22N2S/c1-4-6-10(2)14(3)9-11(13)12-7-5-8-15-12/h5,7-8,10-11H,4,6,9,13H2,1-3H3. The van der Waals surface area contributed by atoms with E-state index < -0.39 is 0 Å². The Morgan fingerprint density at radius 2 is 2.27 bits per heavy atom. The number of nitrogens with two attached hydrogens (primary N) is 1. The molecule has 0 amide bonds. The molecular weight excluding hydrogens is 204 g/mol. The molecule has 1 aromatic heterocycles. The average molecular weight is 226 g/mol. The minimum atomic E-state index is 0.161. The van der Waals surface area contributed by atoms with Crippen LogP contribution in [-0.4, -0.2) is 24.5 Å². The number of nitrogens with zero attached hydrogens (tertiary/aromatic N) is 1. The summed E-state index contributed by atoms with van der Waals surface area (Å²) in [5.41, 5.74) is 6.14. The van der Waals surface area contributed by atoms with Crippen LogP contribution in [0, 0.1) is 0 Å². The van der Waals surface area contributed by atoms with Gasteiger partial charge in [0.25, 0.3) is 0 Å². The van der Waals surface area contributed by atoms with Gasteiger partial charge in [0.2, 0.25) is 0 Å². The predicted molar refractivity (Wildman–Crippen MR) is 68.2 cm³/mol. The Balaban J connectivity index is 2.40. The van der Waals surface area contributed by atoms with Gasteiger partial charge in [-0.1, -0.05) is 19.4 Å². The average Bonchev–Trinajstić information content (AvgIpc) is 2.70. The number of thiophene rings is 1. The third-order valence-corrected chi connectivity index (χ3v) is 3.86. The molecule has 0 aliphatic rings.